The normalized spacial score (nSPS) is 12.7. The van der Waals surface area contributed by atoms with E-state index in [0.29, 0.717) is 25.7 Å². The highest BCUT2D eigenvalue weighted by Crippen LogP contribution is 2.13. The molecule has 0 rings (SSSR count). The van der Waals surface area contributed by atoms with E-state index < -0.39 is 6.10 Å². The first-order valence-corrected chi connectivity index (χ1v) is 21.5. The molecule has 1 atom stereocenters. The number of hydrogen-bond donors (Lipinski definition) is 0. The van der Waals surface area contributed by atoms with Gasteiger partial charge in [0.05, 0.1) is 0 Å². The summed E-state index contributed by atoms with van der Waals surface area (Å²) in [6.07, 6.45) is 50.3. The summed E-state index contributed by atoms with van der Waals surface area (Å²) < 4.78 is 16.6. The van der Waals surface area contributed by atoms with Gasteiger partial charge in [0, 0.05) is 19.3 Å². The van der Waals surface area contributed by atoms with Gasteiger partial charge >= 0.3 is 17.9 Å². The van der Waals surface area contributed by atoms with Crippen LogP contribution in [0.2, 0.25) is 0 Å². The van der Waals surface area contributed by atoms with Crippen LogP contribution in [0.15, 0.2) is 72.9 Å². The van der Waals surface area contributed by atoms with Gasteiger partial charge in [-0.15, -0.1) is 0 Å². The average Bonchev–Trinajstić information content (AvgIpc) is 3.15. The van der Waals surface area contributed by atoms with Crippen LogP contribution in [-0.2, 0) is 28.6 Å². The van der Waals surface area contributed by atoms with Crippen molar-refractivity contribution in [3.8, 4) is 0 Å². The predicted octanol–water partition coefficient (Wildman–Crippen LogP) is 13.5. The number of allylic oxidation sites excluding steroid dienone is 12. The molecular weight excluding hydrogens is 661 g/mol. The lowest BCUT2D eigenvalue weighted by molar-refractivity contribution is -0.167. The Bertz CT molecular complexity index is 1030. The molecule has 0 heterocycles. The largest absolute Gasteiger partial charge is 0.462 e. The Kier molecular flexibility index (Phi) is 39.1. The number of carbonyl (C=O) groups excluding carboxylic acids is 3. The maximum absolute atomic E-state index is 12.7. The van der Waals surface area contributed by atoms with E-state index in [1.165, 1.54) is 77.0 Å². The van der Waals surface area contributed by atoms with E-state index in [4.69, 9.17) is 14.2 Å². The number of rotatable bonds is 37. The molecule has 0 radical (unpaired) electrons. The van der Waals surface area contributed by atoms with Gasteiger partial charge in [0.1, 0.15) is 13.2 Å². The monoisotopic (exact) mass is 739 g/mol. The lowest BCUT2D eigenvalue weighted by atomic mass is 10.1. The van der Waals surface area contributed by atoms with Crippen molar-refractivity contribution in [2.45, 2.75) is 194 Å². The quantitative estimate of drug-likeness (QED) is 0.0208. The zero-order chi connectivity index (χ0) is 38.7. The number of hydrogen-bond acceptors (Lipinski definition) is 6. The second-order valence-corrected chi connectivity index (χ2v) is 14.0. The molecule has 0 aromatic rings. The zero-order valence-electron chi connectivity index (χ0n) is 34.3. The van der Waals surface area contributed by atoms with Gasteiger partial charge in [-0.1, -0.05) is 184 Å². The summed E-state index contributed by atoms with van der Waals surface area (Å²) in [5.74, 6) is -0.987. The van der Waals surface area contributed by atoms with Crippen LogP contribution in [0.3, 0.4) is 0 Å². The third-order valence-corrected chi connectivity index (χ3v) is 8.82. The molecule has 0 aromatic carbocycles. The maximum atomic E-state index is 12.7. The van der Waals surface area contributed by atoms with Crippen molar-refractivity contribution in [2.24, 2.45) is 0 Å². The molecule has 302 valence electrons. The third kappa shape index (κ3) is 39.9. The Morgan fingerprint density at radius 1 is 0.396 bits per heavy atom. The molecule has 53 heavy (non-hydrogen) atoms. The highest BCUT2D eigenvalue weighted by atomic mass is 16.6. The molecule has 0 aliphatic carbocycles. The SMILES string of the molecule is CC\C=C/C=C\C=C/C=C\C=C/CCCCCC(=O)OCC(COC(=O)CCC/C=C\CCCCCC)OC(=O)CCCCCCCCCCCCC. The maximum Gasteiger partial charge on any atom is 0.306 e. The minimum Gasteiger partial charge on any atom is -0.462 e. The van der Waals surface area contributed by atoms with Crippen LogP contribution in [-0.4, -0.2) is 37.2 Å². The molecule has 6 heteroatoms. The highest BCUT2D eigenvalue weighted by Gasteiger charge is 2.19. The second kappa shape index (κ2) is 41.6. The summed E-state index contributed by atoms with van der Waals surface area (Å²) in [6, 6.07) is 0. The van der Waals surface area contributed by atoms with E-state index in [1.807, 2.05) is 48.6 Å². The first-order valence-electron chi connectivity index (χ1n) is 21.5. The van der Waals surface area contributed by atoms with Gasteiger partial charge in [-0.05, 0) is 57.8 Å². The topological polar surface area (TPSA) is 78.9 Å². The highest BCUT2D eigenvalue weighted by molar-refractivity contribution is 5.71. The second-order valence-electron chi connectivity index (χ2n) is 14.0. The van der Waals surface area contributed by atoms with Crippen LogP contribution in [0, 0.1) is 0 Å². The van der Waals surface area contributed by atoms with Crippen LogP contribution < -0.4 is 0 Å². The van der Waals surface area contributed by atoms with Crippen LogP contribution >= 0.6 is 0 Å². The number of carbonyl (C=O) groups is 3. The summed E-state index contributed by atoms with van der Waals surface area (Å²) in [6.45, 7) is 6.36. The molecule has 0 aliphatic rings. The first kappa shape index (κ1) is 49.9. The summed E-state index contributed by atoms with van der Waals surface area (Å²) >= 11 is 0. The molecule has 6 nitrogen and oxygen atoms in total. The third-order valence-electron chi connectivity index (χ3n) is 8.82. The van der Waals surface area contributed by atoms with E-state index in [0.717, 1.165) is 64.2 Å². The van der Waals surface area contributed by atoms with Crippen LogP contribution in [0.4, 0.5) is 0 Å². The Labute approximate surface area is 325 Å². The Hall–Kier alpha value is -3.15. The van der Waals surface area contributed by atoms with Crippen molar-refractivity contribution in [3.05, 3.63) is 72.9 Å². The minimum absolute atomic E-state index is 0.104. The van der Waals surface area contributed by atoms with Gasteiger partial charge < -0.3 is 14.2 Å². The fourth-order valence-electron chi connectivity index (χ4n) is 5.58. The molecule has 1 unspecified atom stereocenters. The Balaban J connectivity index is 4.48. The van der Waals surface area contributed by atoms with Crippen molar-refractivity contribution in [2.75, 3.05) is 13.2 Å². The summed E-state index contributed by atoms with van der Waals surface area (Å²) in [5, 5.41) is 0. The Morgan fingerprint density at radius 3 is 1.30 bits per heavy atom. The number of unbranched alkanes of at least 4 members (excludes halogenated alkanes) is 18. The van der Waals surface area contributed by atoms with Crippen molar-refractivity contribution < 1.29 is 28.6 Å². The van der Waals surface area contributed by atoms with Crippen molar-refractivity contribution in [3.63, 3.8) is 0 Å². The van der Waals surface area contributed by atoms with Crippen LogP contribution in [0.25, 0.3) is 0 Å². The minimum atomic E-state index is -0.798. The molecule has 0 bridgehead atoms. The summed E-state index contributed by atoms with van der Waals surface area (Å²) in [7, 11) is 0. The molecule has 0 amide bonds. The molecule has 0 fully saturated rings. The van der Waals surface area contributed by atoms with E-state index in [-0.39, 0.29) is 31.1 Å². The lowest BCUT2D eigenvalue weighted by Crippen LogP contribution is -2.30. The van der Waals surface area contributed by atoms with Crippen molar-refractivity contribution in [1.82, 2.24) is 0 Å². The molecule has 0 N–H and O–H groups in total. The van der Waals surface area contributed by atoms with E-state index >= 15 is 0 Å². The molecule has 0 aromatic heterocycles. The standard InChI is InChI=1S/C47H78O6/c1-4-7-10-13-16-19-21-22-23-24-26-28-31-34-37-40-46(49)52-43-44(42-51-45(48)39-36-33-30-27-18-15-12-9-6-3)53-47(50)41-38-35-32-29-25-20-17-14-11-8-5-2/h7,10,13,16,19,21-24,26-27,30,44H,4-6,8-9,11-12,14-15,17-18,20,25,28-29,31-43H2,1-3H3/b10-7-,16-13-,21-19-,23-22-,26-24-,30-27-. The lowest BCUT2D eigenvalue weighted by Gasteiger charge is -2.18. The molecule has 0 saturated heterocycles. The summed E-state index contributed by atoms with van der Waals surface area (Å²) in [5.41, 5.74) is 0. The predicted molar refractivity (Wildman–Crippen MR) is 224 cm³/mol. The van der Waals surface area contributed by atoms with E-state index in [1.54, 1.807) is 0 Å². The van der Waals surface area contributed by atoms with E-state index in [2.05, 4.69) is 45.1 Å². The van der Waals surface area contributed by atoms with E-state index in [9.17, 15) is 14.4 Å². The molecule has 0 saturated carbocycles. The summed E-state index contributed by atoms with van der Waals surface area (Å²) in [4.78, 5) is 37.6. The smallest absolute Gasteiger partial charge is 0.306 e. The molecular formula is C47H78O6. The van der Waals surface area contributed by atoms with Gasteiger partial charge in [0.15, 0.2) is 6.10 Å². The first-order chi connectivity index (χ1) is 26.0. The van der Waals surface area contributed by atoms with Gasteiger partial charge in [0.25, 0.3) is 0 Å². The molecule has 0 spiro atoms. The number of esters is 3. The van der Waals surface area contributed by atoms with Crippen molar-refractivity contribution >= 4 is 17.9 Å². The molecule has 0 aliphatic heterocycles. The van der Waals surface area contributed by atoms with Crippen molar-refractivity contribution in [1.29, 1.82) is 0 Å². The van der Waals surface area contributed by atoms with Crippen LogP contribution in [0.1, 0.15) is 188 Å². The van der Waals surface area contributed by atoms with Gasteiger partial charge in [-0.3, -0.25) is 14.4 Å². The van der Waals surface area contributed by atoms with Gasteiger partial charge in [-0.25, -0.2) is 0 Å². The Morgan fingerprint density at radius 2 is 0.774 bits per heavy atom. The fourth-order valence-corrected chi connectivity index (χ4v) is 5.58. The van der Waals surface area contributed by atoms with Crippen LogP contribution in [0.5, 0.6) is 0 Å². The average molecular weight is 739 g/mol. The zero-order valence-corrected chi connectivity index (χ0v) is 34.3. The number of ether oxygens (including phenoxy) is 3. The van der Waals surface area contributed by atoms with Gasteiger partial charge in [0.2, 0.25) is 0 Å². The van der Waals surface area contributed by atoms with Gasteiger partial charge in [-0.2, -0.15) is 0 Å². The fraction of sp³-hybridized carbons (Fsp3) is 0.681.